The third-order valence-corrected chi connectivity index (χ3v) is 8.49. The molecule has 3 aliphatic heterocycles. The second-order valence-corrected chi connectivity index (χ2v) is 11.2. The Morgan fingerprint density at radius 3 is 2.64 bits per heavy atom. The number of hydrogen-bond donors (Lipinski definition) is 4. The molecule has 6 unspecified atom stereocenters. The molecular formula is C28H48N6O2. The number of nitriles is 1. The lowest BCUT2D eigenvalue weighted by Gasteiger charge is -2.45. The third kappa shape index (κ3) is 7.08. The largest absolute Gasteiger partial charge is 0.350 e. The van der Waals surface area contributed by atoms with Gasteiger partial charge >= 0.3 is 0 Å². The number of nitrogens with one attached hydrogen (secondary N) is 4. The minimum atomic E-state index is -0.143. The molecule has 8 heteroatoms. The summed E-state index contributed by atoms with van der Waals surface area (Å²) in [5.41, 5.74) is 1.65. The molecule has 0 aromatic carbocycles. The van der Waals surface area contributed by atoms with Gasteiger partial charge in [-0.2, -0.15) is 5.26 Å². The van der Waals surface area contributed by atoms with Gasteiger partial charge in [0, 0.05) is 36.2 Å². The number of carbonyl (C=O) groups excluding carboxylic acids is 2. The van der Waals surface area contributed by atoms with Crippen molar-refractivity contribution in [1.82, 2.24) is 26.2 Å². The predicted molar refractivity (Wildman–Crippen MR) is 143 cm³/mol. The fraction of sp³-hybridized carbons (Fsp3) is 0.821. The monoisotopic (exact) mass is 500 g/mol. The third-order valence-electron chi connectivity index (χ3n) is 8.49. The normalized spacial score (nSPS) is 31.8. The molecule has 0 saturated carbocycles. The van der Waals surface area contributed by atoms with Crippen molar-refractivity contribution in [2.24, 2.45) is 11.8 Å². The van der Waals surface area contributed by atoms with E-state index in [9.17, 15) is 14.9 Å². The number of amides is 2. The van der Waals surface area contributed by atoms with Crippen molar-refractivity contribution in [2.75, 3.05) is 19.6 Å². The Kier molecular flexibility index (Phi) is 10.8. The molecular weight excluding hydrogens is 452 g/mol. The van der Waals surface area contributed by atoms with Crippen molar-refractivity contribution >= 4 is 11.8 Å². The molecule has 3 heterocycles. The molecule has 0 bridgehead atoms. The van der Waals surface area contributed by atoms with Gasteiger partial charge in [0.25, 0.3) is 0 Å². The van der Waals surface area contributed by atoms with Crippen LogP contribution in [-0.4, -0.2) is 66.7 Å². The fourth-order valence-electron chi connectivity index (χ4n) is 6.31. The zero-order chi connectivity index (χ0) is 26.2. The average molecular weight is 501 g/mol. The van der Waals surface area contributed by atoms with Gasteiger partial charge in [-0.1, -0.05) is 44.6 Å². The van der Waals surface area contributed by atoms with Crippen LogP contribution in [0.25, 0.3) is 0 Å². The van der Waals surface area contributed by atoms with E-state index < -0.39 is 0 Å². The van der Waals surface area contributed by atoms with Crippen LogP contribution in [0, 0.1) is 23.2 Å². The quantitative estimate of drug-likeness (QED) is 0.325. The molecule has 0 aliphatic carbocycles. The number of hydrogen-bond acceptors (Lipinski definition) is 6. The number of nitrogens with zero attached hydrogens (tertiary/aromatic N) is 2. The summed E-state index contributed by atoms with van der Waals surface area (Å²) in [5.74, 6) is -0.0647. The van der Waals surface area contributed by atoms with Crippen molar-refractivity contribution in [3.63, 3.8) is 0 Å². The summed E-state index contributed by atoms with van der Waals surface area (Å²) < 4.78 is 0. The van der Waals surface area contributed by atoms with Crippen molar-refractivity contribution in [3.8, 4) is 6.07 Å². The maximum Gasteiger partial charge on any atom is 0.247 e. The number of fused-ring (bicyclic) bond motifs is 1. The van der Waals surface area contributed by atoms with Crippen molar-refractivity contribution in [2.45, 2.75) is 116 Å². The van der Waals surface area contributed by atoms with Crippen LogP contribution in [0.5, 0.6) is 0 Å². The van der Waals surface area contributed by atoms with Crippen LogP contribution in [-0.2, 0) is 9.59 Å². The lowest BCUT2D eigenvalue weighted by molar-refractivity contribution is -0.125. The summed E-state index contributed by atoms with van der Waals surface area (Å²) in [7, 11) is 0. The highest BCUT2D eigenvalue weighted by molar-refractivity contribution is 6.00. The minimum Gasteiger partial charge on any atom is -0.350 e. The highest BCUT2D eigenvalue weighted by Crippen LogP contribution is 2.32. The topological polar surface area (TPSA) is 109 Å². The maximum atomic E-state index is 13.1. The van der Waals surface area contributed by atoms with Gasteiger partial charge in [-0.05, 0) is 53.6 Å². The van der Waals surface area contributed by atoms with Crippen LogP contribution < -0.4 is 21.3 Å². The zero-order valence-electron chi connectivity index (χ0n) is 23.0. The van der Waals surface area contributed by atoms with E-state index >= 15 is 0 Å². The highest BCUT2D eigenvalue weighted by Gasteiger charge is 2.40. The Balaban J connectivity index is 1.61. The van der Waals surface area contributed by atoms with Crippen LogP contribution in [0.15, 0.2) is 11.1 Å². The van der Waals surface area contributed by atoms with E-state index in [2.05, 4.69) is 46.1 Å². The maximum absolute atomic E-state index is 13.1. The Hall–Kier alpha value is -1.95. The lowest BCUT2D eigenvalue weighted by atomic mass is 9.76. The van der Waals surface area contributed by atoms with E-state index in [0.717, 1.165) is 31.5 Å². The first-order valence-corrected chi connectivity index (χ1v) is 14.2. The van der Waals surface area contributed by atoms with Gasteiger partial charge in [0.2, 0.25) is 11.8 Å². The van der Waals surface area contributed by atoms with E-state index in [0.29, 0.717) is 12.1 Å². The smallest absolute Gasteiger partial charge is 0.247 e. The molecule has 202 valence electrons. The number of unbranched alkanes of at least 4 members (excludes halogenated alkanes) is 5. The molecule has 2 saturated heterocycles. The van der Waals surface area contributed by atoms with Gasteiger partial charge < -0.3 is 16.0 Å². The van der Waals surface area contributed by atoms with Gasteiger partial charge in [-0.3, -0.25) is 19.8 Å². The first-order chi connectivity index (χ1) is 17.3. The Morgan fingerprint density at radius 2 is 1.92 bits per heavy atom. The Bertz CT molecular complexity index is 836. The number of rotatable bonds is 11. The van der Waals surface area contributed by atoms with Crippen LogP contribution in [0.4, 0.5) is 0 Å². The SMILES string of the molecule is CCCCCCCCN1CC(C#N)C(C)NC1[C@H](C)NC(=O)CC1=C(C)C2C(C)NCCC2NC1=O. The first kappa shape index (κ1) is 28.6. The molecule has 8 nitrogen and oxygen atoms in total. The van der Waals surface area contributed by atoms with Gasteiger partial charge in [0.15, 0.2) is 0 Å². The van der Waals surface area contributed by atoms with E-state index in [4.69, 9.17) is 0 Å². The predicted octanol–water partition coefficient (Wildman–Crippen LogP) is 2.81. The molecule has 0 spiro atoms. The van der Waals surface area contributed by atoms with Crippen molar-refractivity contribution in [1.29, 1.82) is 5.26 Å². The molecule has 36 heavy (non-hydrogen) atoms. The van der Waals surface area contributed by atoms with Crippen LogP contribution in [0.3, 0.4) is 0 Å². The summed E-state index contributed by atoms with van der Waals surface area (Å²) >= 11 is 0. The molecule has 0 aromatic heterocycles. The summed E-state index contributed by atoms with van der Waals surface area (Å²) in [6, 6.07) is 2.79. The molecule has 7 atom stereocenters. The standard InChI is InChI=1S/C28H48N6O2/c1-6-7-8-9-10-11-14-34-17-22(16-29)19(3)32-27(34)21(5)31-25(35)15-23-18(2)26-20(4)30-13-12-24(26)33-28(23)36/h19-22,24,26-27,30,32H,6-15,17H2,1-5H3,(H,31,35)(H,33,36)/t19?,20?,21-,22?,24?,26?,27?/m0/s1. The summed E-state index contributed by atoms with van der Waals surface area (Å²) in [5, 5.41) is 23.0. The minimum absolute atomic E-state index is 0.0357. The van der Waals surface area contributed by atoms with Crippen molar-refractivity contribution < 1.29 is 9.59 Å². The first-order valence-electron chi connectivity index (χ1n) is 14.2. The second kappa shape index (κ2) is 13.6. The fourth-order valence-corrected chi connectivity index (χ4v) is 6.31. The lowest BCUT2D eigenvalue weighted by Crippen LogP contribution is -2.65. The van der Waals surface area contributed by atoms with Gasteiger partial charge in [0.05, 0.1) is 30.6 Å². The molecule has 4 N–H and O–H groups in total. The number of carbonyl (C=O) groups is 2. The summed E-state index contributed by atoms with van der Waals surface area (Å²) in [4.78, 5) is 28.3. The van der Waals surface area contributed by atoms with E-state index in [1.165, 1.54) is 32.1 Å². The van der Waals surface area contributed by atoms with E-state index in [1.54, 1.807) is 0 Å². The van der Waals surface area contributed by atoms with E-state index in [1.807, 2.05) is 20.8 Å². The second-order valence-electron chi connectivity index (χ2n) is 11.2. The van der Waals surface area contributed by atoms with Crippen molar-refractivity contribution in [3.05, 3.63) is 11.1 Å². The van der Waals surface area contributed by atoms with Gasteiger partial charge in [0.1, 0.15) is 0 Å². The molecule has 0 radical (unpaired) electrons. The highest BCUT2D eigenvalue weighted by atomic mass is 16.2. The molecule has 3 aliphatic rings. The molecule has 2 amide bonds. The summed E-state index contributed by atoms with van der Waals surface area (Å²) in [6.07, 6.45) is 8.31. The average Bonchev–Trinajstić information content (AvgIpc) is 2.84. The van der Waals surface area contributed by atoms with Crippen LogP contribution in [0.2, 0.25) is 0 Å². The molecule has 2 fully saturated rings. The van der Waals surface area contributed by atoms with E-state index in [-0.39, 0.29) is 60.4 Å². The van der Waals surface area contributed by atoms with Crippen LogP contribution >= 0.6 is 0 Å². The molecule has 3 rings (SSSR count). The summed E-state index contributed by atoms with van der Waals surface area (Å²) in [6.45, 7) is 13.0. The van der Waals surface area contributed by atoms with Gasteiger partial charge in [-0.15, -0.1) is 0 Å². The van der Waals surface area contributed by atoms with Gasteiger partial charge in [-0.25, -0.2) is 0 Å². The zero-order valence-corrected chi connectivity index (χ0v) is 23.0. The number of piperidine rings is 1. The Labute approximate surface area is 218 Å². The Morgan fingerprint density at radius 1 is 1.19 bits per heavy atom. The van der Waals surface area contributed by atoms with Crippen LogP contribution in [0.1, 0.15) is 86.0 Å². The molecule has 0 aromatic rings.